The zero-order chi connectivity index (χ0) is 10.9. The van der Waals surface area contributed by atoms with Gasteiger partial charge in [0.15, 0.2) is 5.82 Å². The van der Waals surface area contributed by atoms with Crippen molar-refractivity contribution in [1.82, 2.24) is 9.78 Å². The van der Waals surface area contributed by atoms with Crippen molar-refractivity contribution in [2.45, 2.75) is 26.3 Å². The van der Waals surface area contributed by atoms with Gasteiger partial charge < -0.3 is 11.1 Å². The zero-order valence-corrected chi connectivity index (χ0v) is 8.92. The Kier molecular flexibility index (Phi) is 2.39. The van der Waals surface area contributed by atoms with E-state index in [1.165, 1.54) is 0 Å². The van der Waals surface area contributed by atoms with Gasteiger partial charge >= 0.3 is 0 Å². The predicted molar refractivity (Wildman–Crippen MR) is 55.9 cm³/mol. The Morgan fingerprint density at radius 2 is 2.07 bits per heavy atom. The number of hydrogen-bond acceptors (Lipinski definition) is 4. The number of rotatable bonds is 1. The molecule has 0 bridgehead atoms. The molecule has 1 rings (SSSR count). The van der Waals surface area contributed by atoms with Gasteiger partial charge in [-0.15, -0.1) is 0 Å². The minimum Gasteiger partial charge on any atom is -0.383 e. The molecule has 14 heavy (non-hydrogen) atoms. The van der Waals surface area contributed by atoms with Crippen molar-refractivity contribution in [2.75, 3.05) is 18.1 Å². The largest absolute Gasteiger partial charge is 0.383 e. The summed E-state index contributed by atoms with van der Waals surface area (Å²) in [5.41, 5.74) is 6.00. The van der Waals surface area contributed by atoms with Crippen LogP contribution in [-0.4, -0.2) is 16.8 Å². The number of nitrogen functional groups attached to an aromatic ring is 1. The molecule has 5 nitrogen and oxygen atoms in total. The van der Waals surface area contributed by atoms with Gasteiger partial charge in [-0.25, -0.2) is 4.68 Å². The number of aromatic nitrogens is 2. The highest BCUT2D eigenvalue weighted by molar-refractivity contribution is 5.63. The Balaban J connectivity index is 3.37. The number of nitrogens with one attached hydrogen (secondary N) is 1. The number of anilines is 2. The third-order valence-corrected chi connectivity index (χ3v) is 1.91. The molecule has 0 aliphatic heterocycles. The van der Waals surface area contributed by atoms with E-state index in [-0.39, 0.29) is 5.54 Å². The highest BCUT2D eigenvalue weighted by Gasteiger charge is 2.22. The van der Waals surface area contributed by atoms with E-state index in [0.29, 0.717) is 17.2 Å². The fraction of sp³-hybridized carbons (Fsp3) is 0.556. The minimum atomic E-state index is -0.217. The van der Waals surface area contributed by atoms with E-state index < -0.39 is 0 Å². The first-order chi connectivity index (χ1) is 6.41. The normalized spacial score (nSPS) is 11.1. The summed E-state index contributed by atoms with van der Waals surface area (Å²) in [6, 6.07) is 2.04. The van der Waals surface area contributed by atoms with Crippen molar-refractivity contribution in [3.05, 3.63) is 5.56 Å². The molecule has 1 heterocycles. The second-order valence-electron chi connectivity index (χ2n) is 4.05. The first-order valence-electron chi connectivity index (χ1n) is 4.38. The van der Waals surface area contributed by atoms with Gasteiger partial charge in [0, 0.05) is 7.05 Å². The van der Waals surface area contributed by atoms with Gasteiger partial charge in [0.1, 0.15) is 17.5 Å². The molecule has 1 aromatic heterocycles. The summed E-state index contributed by atoms with van der Waals surface area (Å²) >= 11 is 0. The van der Waals surface area contributed by atoms with Crippen LogP contribution in [0.4, 0.5) is 11.6 Å². The van der Waals surface area contributed by atoms with E-state index in [2.05, 4.69) is 10.4 Å². The molecule has 0 saturated carbocycles. The van der Waals surface area contributed by atoms with Crippen LogP contribution in [-0.2, 0) is 5.54 Å². The van der Waals surface area contributed by atoms with Crippen LogP contribution in [0.25, 0.3) is 0 Å². The van der Waals surface area contributed by atoms with Gasteiger partial charge in [-0.1, -0.05) is 0 Å². The van der Waals surface area contributed by atoms with Gasteiger partial charge in [-0.05, 0) is 20.8 Å². The fourth-order valence-corrected chi connectivity index (χ4v) is 1.23. The lowest BCUT2D eigenvalue weighted by Crippen LogP contribution is -2.24. The predicted octanol–water partition coefficient (Wildman–Crippen LogP) is 1.13. The maximum absolute atomic E-state index is 8.89. The van der Waals surface area contributed by atoms with Crippen LogP contribution in [0.5, 0.6) is 0 Å². The quantitative estimate of drug-likeness (QED) is 0.700. The smallest absolute Gasteiger partial charge is 0.168 e. The summed E-state index contributed by atoms with van der Waals surface area (Å²) in [6.45, 7) is 5.95. The second-order valence-corrected chi connectivity index (χ2v) is 4.05. The van der Waals surface area contributed by atoms with E-state index in [1.807, 2.05) is 26.8 Å². The summed E-state index contributed by atoms with van der Waals surface area (Å²) in [6.07, 6.45) is 0. The molecule has 0 aliphatic carbocycles. The van der Waals surface area contributed by atoms with E-state index in [9.17, 15) is 0 Å². The molecule has 3 N–H and O–H groups in total. The van der Waals surface area contributed by atoms with Crippen molar-refractivity contribution in [2.24, 2.45) is 0 Å². The highest BCUT2D eigenvalue weighted by atomic mass is 15.4. The van der Waals surface area contributed by atoms with Crippen molar-refractivity contribution in [3.8, 4) is 6.07 Å². The maximum atomic E-state index is 8.89. The molecule has 1 aromatic rings. The molecule has 0 saturated heterocycles. The average molecular weight is 193 g/mol. The minimum absolute atomic E-state index is 0.217. The van der Waals surface area contributed by atoms with Crippen molar-refractivity contribution >= 4 is 11.6 Å². The van der Waals surface area contributed by atoms with Crippen molar-refractivity contribution in [1.29, 1.82) is 5.26 Å². The molecule has 0 radical (unpaired) electrons. The van der Waals surface area contributed by atoms with Crippen LogP contribution in [0.3, 0.4) is 0 Å². The van der Waals surface area contributed by atoms with Crippen LogP contribution >= 0.6 is 0 Å². The Labute approximate surface area is 83.5 Å². The Morgan fingerprint density at radius 3 is 2.36 bits per heavy atom. The summed E-state index contributed by atoms with van der Waals surface area (Å²) in [5, 5.41) is 16.0. The van der Waals surface area contributed by atoms with E-state index >= 15 is 0 Å². The second kappa shape index (κ2) is 3.22. The number of hydrogen-bond donors (Lipinski definition) is 2. The fourth-order valence-electron chi connectivity index (χ4n) is 1.23. The van der Waals surface area contributed by atoms with E-state index in [1.54, 1.807) is 11.7 Å². The Morgan fingerprint density at radius 1 is 1.50 bits per heavy atom. The lowest BCUT2D eigenvalue weighted by molar-refractivity contribution is 0.362. The molecule has 0 spiro atoms. The van der Waals surface area contributed by atoms with Gasteiger partial charge in [0.25, 0.3) is 0 Å². The molecule has 0 unspecified atom stereocenters. The number of nitrogens with zero attached hydrogens (tertiary/aromatic N) is 3. The Bertz CT molecular complexity index is 377. The van der Waals surface area contributed by atoms with E-state index in [4.69, 9.17) is 11.0 Å². The third-order valence-electron chi connectivity index (χ3n) is 1.91. The molecular weight excluding hydrogens is 178 g/mol. The van der Waals surface area contributed by atoms with Gasteiger partial charge in [-0.2, -0.15) is 10.4 Å². The van der Waals surface area contributed by atoms with Gasteiger partial charge in [0.05, 0.1) is 5.54 Å². The standard InChI is InChI=1S/C9H15N5/c1-9(2,3)14-7(11)6(5-10)8(12-4)13-14/h11H2,1-4H3,(H,12,13). The van der Waals surface area contributed by atoms with E-state index in [0.717, 1.165) is 0 Å². The first-order valence-corrected chi connectivity index (χ1v) is 4.38. The molecule has 0 aliphatic rings. The molecule has 0 fully saturated rings. The zero-order valence-electron chi connectivity index (χ0n) is 8.92. The molecule has 0 atom stereocenters. The summed E-state index contributed by atoms with van der Waals surface area (Å²) in [7, 11) is 1.72. The monoisotopic (exact) mass is 193 g/mol. The van der Waals surface area contributed by atoms with Crippen LogP contribution in [0, 0.1) is 11.3 Å². The maximum Gasteiger partial charge on any atom is 0.168 e. The molecule has 0 aromatic carbocycles. The molecular formula is C9H15N5. The number of nitriles is 1. The Hall–Kier alpha value is -1.70. The lowest BCUT2D eigenvalue weighted by Gasteiger charge is -2.20. The summed E-state index contributed by atoms with van der Waals surface area (Å²) in [5.74, 6) is 0.935. The average Bonchev–Trinajstić information content (AvgIpc) is 2.40. The summed E-state index contributed by atoms with van der Waals surface area (Å²) in [4.78, 5) is 0. The van der Waals surface area contributed by atoms with Crippen LogP contribution in [0.2, 0.25) is 0 Å². The van der Waals surface area contributed by atoms with Crippen LogP contribution < -0.4 is 11.1 Å². The molecule has 0 amide bonds. The lowest BCUT2D eigenvalue weighted by atomic mass is 10.1. The third kappa shape index (κ3) is 1.51. The van der Waals surface area contributed by atoms with Crippen LogP contribution in [0.1, 0.15) is 26.3 Å². The highest BCUT2D eigenvalue weighted by Crippen LogP contribution is 2.26. The number of nitrogens with two attached hydrogens (primary N) is 1. The molecule has 76 valence electrons. The van der Waals surface area contributed by atoms with Crippen molar-refractivity contribution in [3.63, 3.8) is 0 Å². The first kappa shape index (κ1) is 10.4. The van der Waals surface area contributed by atoms with Gasteiger partial charge in [0.2, 0.25) is 0 Å². The van der Waals surface area contributed by atoms with Crippen molar-refractivity contribution < 1.29 is 0 Å². The topological polar surface area (TPSA) is 79.7 Å². The SMILES string of the molecule is CNc1nn(C(C)(C)C)c(N)c1C#N. The molecule has 5 heteroatoms. The summed E-state index contributed by atoms with van der Waals surface area (Å²) < 4.78 is 1.65. The van der Waals surface area contributed by atoms with Gasteiger partial charge in [-0.3, -0.25) is 0 Å². The van der Waals surface area contributed by atoms with Crippen LogP contribution in [0.15, 0.2) is 0 Å².